The van der Waals surface area contributed by atoms with E-state index in [1.165, 1.54) is 12.1 Å². The molecule has 0 saturated carbocycles. The Hall–Kier alpha value is -4.95. The third-order valence-corrected chi connectivity index (χ3v) is 8.45. The number of rotatable bonds is 15. The van der Waals surface area contributed by atoms with E-state index >= 15 is 0 Å². The molecule has 3 aromatic rings. The molecule has 1 aliphatic rings. The first-order valence-corrected chi connectivity index (χ1v) is 16.6. The highest BCUT2D eigenvalue weighted by molar-refractivity contribution is 6.18. The molecule has 0 bridgehead atoms. The van der Waals surface area contributed by atoms with Crippen LogP contribution in [0, 0.1) is 10.8 Å². The number of alkyl halides is 2. The van der Waals surface area contributed by atoms with Crippen LogP contribution in [-0.2, 0) is 25.9 Å². The van der Waals surface area contributed by atoms with Gasteiger partial charge in [-0.05, 0) is 37.6 Å². The maximum Gasteiger partial charge on any atom is 0.272 e. The third-order valence-electron chi connectivity index (χ3n) is 8.12. The summed E-state index contributed by atoms with van der Waals surface area (Å²) in [5.74, 6) is -0.550. The summed E-state index contributed by atoms with van der Waals surface area (Å²) in [6.07, 6.45) is 11.4. The lowest BCUT2D eigenvalue weighted by molar-refractivity contribution is -0.122. The molecular weight excluding hydrogens is 671 g/mol. The van der Waals surface area contributed by atoms with E-state index in [4.69, 9.17) is 34.3 Å². The largest absolute Gasteiger partial charge is 0.388 e. The fraction of sp³-hybridized carbons (Fsp3) is 0.364. The number of aryl methyl sites for hydroxylation is 3. The van der Waals surface area contributed by atoms with Crippen molar-refractivity contribution in [3.63, 3.8) is 0 Å². The lowest BCUT2D eigenvalue weighted by Crippen LogP contribution is -2.34. The number of halogens is 2. The fourth-order valence-electron chi connectivity index (χ4n) is 5.34. The summed E-state index contributed by atoms with van der Waals surface area (Å²) in [7, 11) is 5.05. The maximum atomic E-state index is 13.3. The molecule has 0 aliphatic heterocycles. The van der Waals surface area contributed by atoms with Crippen LogP contribution >= 0.6 is 23.2 Å². The van der Waals surface area contributed by atoms with Crippen molar-refractivity contribution in [2.24, 2.45) is 32.3 Å². The summed E-state index contributed by atoms with van der Waals surface area (Å²) in [6.45, 7) is 3.38. The van der Waals surface area contributed by atoms with Gasteiger partial charge in [0.2, 0.25) is 5.91 Å². The number of nitrogens with zero attached hydrogens (tertiary/aromatic N) is 4. The van der Waals surface area contributed by atoms with Gasteiger partial charge in [-0.3, -0.25) is 24.6 Å². The van der Waals surface area contributed by atoms with Crippen molar-refractivity contribution < 1.29 is 19.2 Å². The standard InChI is InChI=1S/C33H42Cl2N10O4/c1-33(8-5-24(6-9-33)45(13-10-34)14-11-35)32(49)41-23-17-27(44(4)20-23)31(48)40-22-16-26(43(3)19-22)30(47)39-21-15-25(42(2)18-21)29(46)38-12-7-28(36)37/h5-6,8,15-20H,7,9-14H2,1-4H3,(H3,36,37)(H,38,46)(H,39,47)(H,40,48)(H,41,49). The molecule has 0 aromatic carbocycles. The molecular formula is C33H42Cl2N10O4. The van der Waals surface area contributed by atoms with Gasteiger partial charge in [0.15, 0.2) is 0 Å². The van der Waals surface area contributed by atoms with E-state index in [1.807, 2.05) is 25.2 Å². The van der Waals surface area contributed by atoms with Gasteiger partial charge < -0.3 is 45.6 Å². The van der Waals surface area contributed by atoms with E-state index in [9.17, 15) is 19.2 Å². The Morgan fingerprint density at radius 1 is 0.837 bits per heavy atom. The molecule has 0 fully saturated rings. The van der Waals surface area contributed by atoms with E-state index in [0.29, 0.717) is 59.7 Å². The Balaban J connectivity index is 1.36. The van der Waals surface area contributed by atoms with Gasteiger partial charge in [0.05, 0.1) is 28.3 Å². The Morgan fingerprint density at radius 2 is 1.31 bits per heavy atom. The highest BCUT2D eigenvalue weighted by Gasteiger charge is 2.32. The van der Waals surface area contributed by atoms with E-state index in [-0.39, 0.29) is 36.3 Å². The van der Waals surface area contributed by atoms with Gasteiger partial charge in [0, 0.05) is 83.2 Å². The number of carbonyl (C=O) groups excluding carboxylic acids is 4. The topological polar surface area (TPSA) is 184 Å². The van der Waals surface area contributed by atoms with Gasteiger partial charge in [-0.25, -0.2) is 0 Å². The SMILES string of the molecule is Cn1cc(NC(=O)c2cc(NC(=O)c3cc(NC(=O)C4(C)C=CC(N(CCCl)CCCl)=CC4)cn3C)cn2C)cc1C(=O)NCCC(=N)N. The lowest BCUT2D eigenvalue weighted by Gasteiger charge is -2.31. The molecule has 7 N–H and O–H groups in total. The first-order chi connectivity index (χ1) is 23.2. The van der Waals surface area contributed by atoms with Crippen molar-refractivity contribution in [3.05, 3.63) is 77.8 Å². The van der Waals surface area contributed by atoms with Crippen LogP contribution in [-0.4, -0.2) is 79.5 Å². The predicted octanol–water partition coefficient (Wildman–Crippen LogP) is 3.83. The summed E-state index contributed by atoms with van der Waals surface area (Å²) in [5.41, 5.74) is 7.67. The minimum atomic E-state index is -0.791. The molecule has 1 aliphatic carbocycles. The van der Waals surface area contributed by atoms with Gasteiger partial charge in [-0.15, -0.1) is 23.2 Å². The number of allylic oxidation sites excluding steroid dienone is 2. The second kappa shape index (κ2) is 16.0. The van der Waals surface area contributed by atoms with Crippen LogP contribution in [0.3, 0.4) is 0 Å². The normalized spacial score (nSPS) is 15.3. The van der Waals surface area contributed by atoms with E-state index < -0.39 is 17.2 Å². The molecule has 4 rings (SSSR count). The maximum absolute atomic E-state index is 13.3. The number of anilines is 3. The predicted molar refractivity (Wildman–Crippen MR) is 193 cm³/mol. The van der Waals surface area contributed by atoms with Crippen molar-refractivity contribution in [3.8, 4) is 0 Å². The Morgan fingerprint density at radius 3 is 1.73 bits per heavy atom. The molecule has 0 saturated heterocycles. The minimum Gasteiger partial charge on any atom is -0.388 e. The summed E-state index contributed by atoms with van der Waals surface area (Å²) >= 11 is 11.9. The van der Waals surface area contributed by atoms with Gasteiger partial charge in [0.1, 0.15) is 17.1 Å². The molecule has 0 radical (unpaired) electrons. The Labute approximate surface area is 294 Å². The van der Waals surface area contributed by atoms with Gasteiger partial charge >= 0.3 is 0 Å². The zero-order valence-electron chi connectivity index (χ0n) is 27.9. The molecule has 14 nitrogen and oxygen atoms in total. The summed E-state index contributed by atoms with van der Waals surface area (Å²) < 4.78 is 4.76. The molecule has 4 amide bonds. The number of amidine groups is 1. The average Bonchev–Trinajstić information content (AvgIpc) is 3.72. The minimum absolute atomic E-state index is 0.0280. The molecule has 3 heterocycles. The van der Waals surface area contributed by atoms with Gasteiger partial charge in [0.25, 0.3) is 17.7 Å². The number of nitrogens with one attached hydrogen (secondary N) is 5. The molecule has 0 spiro atoms. The Kier molecular flexibility index (Phi) is 12.0. The molecule has 1 atom stereocenters. The van der Waals surface area contributed by atoms with Crippen LogP contribution in [0.1, 0.15) is 51.2 Å². The van der Waals surface area contributed by atoms with Crippen LogP contribution in [0.15, 0.2) is 60.7 Å². The lowest BCUT2D eigenvalue weighted by atomic mass is 9.82. The van der Waals surface area contributed by atoms with Crippen LogP contribution in [0.25, 0.3) is 0 Å². The summed E-state index contributed by atoms with van der Waals surface area (Å²) in [5, 5.41) is 18.5. The molecule has 3 aromatic heterocycles. The first kappa shape index (κ1) is 36.9. The van der Waals surface area contributed by atoms with E-state index in [2.05, 4.69) is 26.2 Å². The average molecular weight is 714 g/mol. The fourth-order valence-corrected chi connectivity index (χ4v) is 5.75. The number of aromatic nitrogens is 3. The number of hydrogen-bond donors (Lipinski definition) is 6. The Bertz CT molecular complexity index is 1800. The summed E-state index contributed by atoms with van der Waals surface area (Å²) in [4.78, 5) is 54.3. The van der Waals surface area contributed by atoms with E-state index in [1.54, 1.807) is 59.5 Å². The molecule has 1 unspecified atom stereocenters. The smallest absolute Gasteiger partial charge is 0.272 e. The first-order valence-electron chi connectivity index (χ1n) is 15.5. The van der Waals surface area contributed by atoms with Crippen LogP contribution in [0.4, 0.5) is 17.1 Å². The van der Waals surface area contributed by atoms with Crippen LogP contribution in [0.2, 0.25) is 0 Å². The van der Waals surface area contributed by atoms with Crippen molar-refractivity contribution in [2.75, 3.05) is 47.3 Å². The second-order valence-electron chi connectivity index (χ2n) is 12.0. The number of hydrogen-bond acceptors (Lipinski definition) is 6. The van der Waals surface area contributed by atoms with Crippen LogP contribution < -0.4 is 27.0 Å². The van der Waals surface area contributed by atoms with Gasteiger partial charge in [-0.2, -0.15) is 0 Å². The van der Waals surface area contributed by atoms with Crippen LogP contribution in [0.5, 0.6) is 0 Å². The number of carbonyl (C=O) groups is 4. The van der Waals surface area contributed by atoms with Crippen molar-refractivity contribution >= 4 is 69.7 Å². The molecule has 262 valence electrons. The second-order valence-corrected chi connectivity index (χ2v) is 12.8. The zero-order chi connectivity index (χ0) is 35.9. The van der Waals surface area contributed by atoms with Crippen molar-refractivity contribution in [1.29, 1.82) is 5.41 Å². The van der Waals surface area contributed by atoms with E-state index in [0.717, 1.165) is 5.70 Å². The van der Waals surface area contributed by atoms with Crippen molar-refractivity contribution in [2.45, 2.75) is 19.8 Å². The summed E-state index contributed by atoms with van der Waals surface area (Å²) in [6, 6.07) is 4.67. The third kappa shape index (κ3) is 9.15. The quantitative estimate of drug-likeness (QED) is 0.0790. The molecule has 16 heteroatoms. The highest BCUT2D eigenvalue weighted by atomic mass is 35.5. The van der Waals surface area contributed by atoms with Crippen molar-refractivity contribution in [1.82, 2.24) is 23.9 Å². The highest BCUT2D eigenvalue weighted by Crippen LogP contribution is 2.32. The van der Waals surface area contributed by atoms with Gasteiger partial charge in [-0.1, -0.05) is 12.2 Å². The monoisotopic (exact) mass is 712 g/mol. The number of amides is 4. The molecule has 49 heavy (non-hydrogen) atoms. The number of nitrogens with two attached hydrogens (primary N) is 1. The zero-order valence-corrected chi connectivity index (χ0v) is 29.4.